The number of aromatic nitrogens is 2. The third-order valence-corrected chi connectivity index (χ3v) is 3.59. The molecule has 0 aliphatic heterocycles. The Morgan fingerprint density at radius 3 is 2.20 bits per heavy atom. The van der Waals surface area contributed by atoms with Crippen LogP contribution in [0.1, 0.15) is 37.0 Å². The van der Waals surface area contributed by atoms with Gasteiger partial charge in [-0.1, -0.05) is 0 Å². The number of amides is 2. The zero-order valence-electron chi connectivity index (χ0n) is 15.0. The van der Waals surface area contributed by atoms with Gasteiger partial charge in [-0.25, -0.2) is 9.97 Å². The van der Waals surface area contributed by atoms with Gasteiger partial charge in [-0.15, -0.1) is 0 Å². The van der Waals surface area contributed by atoms with Crippen LogP contribution >= 0.6 is 0 Å². The number of carbonyl (C=O) groups is 2. The van der Waals surface area contributed by atoms with E-state index in [1.807, 2.05) is 32.9 Å². The van der Waals surface area contributed by atoms with Crippen molar-refractivity contribution in [3.8, 4) is 0 Å². The van der Waals surface area contributed by atoms with E-state index in [0.717, 1.165) is 5.69 Å². The Hall–Kier alpha value is -2.96. The van der Waals surface area contributed by atoms with Crippen LogP contribution in [0.2, 0.25) is 0 Å². The summed E-state index contributed by atoms with van der Waals surface area (Å²) in [5, 5.41) is 5.80. The lowest BCUT2D eigenvalue weighted by Gasteiger charge is -2.18. The maximum Gasteiger partial charge on any atom is 0.272 e. The first-order valence-electron chi connectivity index (χ1n) is 8.22. The lowest BCUT2D eigenvalue weighted by Crippen LogP contribution is -2.31. The van der Waals surface area contributed by atoms with E-state index < -0.39 is 0 Å². The van der Waals surface area contributed by atoms with Crippen LogP contribution in [-0.2, 0) is 4.79 Å². The molecule has 0 fully saturated rings. The smallest absolute Gasteiger partial charge is 0.272 e. The maximum atomic E-state index is 12.5. The number of aryl methyl sites for hydroxylation is 1. The van der Waals surface area contributed by atoms with Gasteiger partial charge in [0.25, 0.3) is 5.91 Å². The predicted octanol–water partition coefficient (Wildman–Crippen LogP) is 2.97. The van der Waals surface area contributed by atoms with Crippen molar-refractivity contribution in [2.75, 3.05) is 23.7 Å². The van der Waals surface area contributed by atoms with Crippen LogP contribution in [0.5, 0.6) is 0 Å². The summed E-state index contributed by atoms with van der Waals surface area (Å²) in [6.07, 6.45) is 0. The zero-order valence-corrected chi connectivity index (χ0v) is 15.0. The van der Waals surface area contributed by atoms with Crippen molar-refractivity contribution in [1.29, 1.82) is 0 Å². The van der Waals surface area contributed by atoms with E-state index in [4.69, 9.17) is 0 Å². The van der Waals surface area contributed by atoms with Gasteiger partial charge in [-0.2, -0.15) is 0 Å². The molecule has 132 valence electrons. The summed E-state index contributed by atoms with van der Waals surface area (Å²) in [7, 11) is 0. The van der Waals surface area contributed by atoms with Gasteiger partial charge < -0.3 is 15.5 Å². The molecule has 0 radical (unpaired) electrons. The summed E-state index contributed by atoms with van der Waals surface area (Å²) >= 11 is 0. The fourth-order valence-corrected chi connectivity index (χ4v) is 2.38. The van der Waals surface area contributed by atoms with Crippen LogP contribution in [0.25, 0.3) is 0 Å². The molecule has 0 aliphatic carbocycles. The van der Waals surface area contributed by atoms with Crippen molar-refractivity contribution in [2.24, 2.45) is 0 Å². The minimum atomic E-state index is -0.123. The third kappa shape index (κ3) is 5.00. The Kier molecular flexibility index (Phi) is 6.05. The highest BCUT2D eigenvalue weighted by Crippen LogP contribution is 2.17. The van der Waals surface area contributed by atoms with Crippen molar-refractivity contribution in [3.63, 3.8) is 0 Å². The van der Waals surface area contributed by atoms with Gasteiger partial charge in [-0.05, 0) is 51.1 Å². The average molecular weight is 341 g/mol. The predicted molar refractivity (Wildman–Crippen MR) is 98.0 cm³/mol. The van der Waals surface area contributed by atoms with E-state index >= 15 is 0 Å². The molecule has 1 aromatic heterocycles. The van der Waals surface area contributed by atoms with Crippen molar-refractivity contribution >= 4 is 29.1 Å². The molecule has 2 aromatic rings. The number of nitrogens with zero attached hydrogens (tertiary/aromatic N) is 3. The van der Waals surface area contributed by atoms with Crippen LogP contribution in [0.3, 0.4) is 0 Å². The Bertz CT molecular complexity index is 755. The molecule has 0 spiro atoms. The van der Waals surface area contributed by atoms with Gasteiger partial charge in [0, 0.05) is 37.1 Å². The second-order valence-corrected chi connectivity index (χ2v) is 5.58. The molecule has 0 saturated carbocycles. The lowest BCUT2D eigenvalue weighted by atomic mass is 10.2. The SMILES string of the molecule is CCN(CC)C(=O)c1cc(C)nc(Nc2ccc(NC(C)=O)cc2)n1. The highest BCUT2D eigenvalue weighted by molar-refractivity contribution is 5.92. The summed E-state index contributed by atoms with van der Waals surface area (Å²) in [6.45, 7) is 8.42. The molecule has 1 heterocycles. The van der Waals surface area contributed by atoms with Gasteiger partial charge in [0.15, 0.2) is 0 Å². The molecule has 0 saturated heterocycles. The van der Waals surface area contributed by atoms with Crippen LogP contribution in [0.15, 0.2) is 30.3 Å². The quantitative estimate of drug-likeness (QED) is 0.843. The van der Waals surface area contributed by atoms with Gasteiger partial charge in [0.05, 0.1) is 0 Å². The number of hydrogen-bond acceptors (Lipinski definition) is 5. The zero-order chi connectivity index (χ0) is 18.4. The molecule has 2 rings (SSSR count). The van der Waals surface area contributed by atoms with E-state index in [2.05, 4.69) is 20.6 Å². The van der Waals surface area contributed by atoms with Crippen LogP contribution in [0, 0.1) is 6.92 Å². The highest BCUT2D eigenvalue weighted by Gasteiger charge is 2.16. The van der Waals surface area contributed by atoms with Gasteiger partial charge in [0.1, 0.15) is 5.69 Å². The summed E-state index contributed by atoms with van der Waals surface area (Å²) in [4.78, 5) is 33.9. The molecular formula is C18H23N5O2. The van der Waals surface area contributed by atoms with Crippen LogP contribution in [0.4, 0.5) is 17.3 Å². The van der Waals surface area contributed by atoms with E-state index in [1.165, 1.54) is 6.92 Å². The molecule has 7 heteroatoms. The Morgan fingerprint density at radius 2 is 1.64 bits per heavy atom. The molecule has 0 bridgehead atoms. The van der Waals surface area contributed by atoms with E-state index in [9.17, 15) is 9.59 Å². The van der Waals surface area contributed by atoms with Crippen LogP contribution in [-0.4, -0.2) is 39.8 Å². The molecule has 0 aliphatic rings. The largest absolute Gasteiger partial charge is 0.338 e. The Labute approximate surface area is 147 Å². The summed E-state index contributed by atoms with van der Waals surface area (Å²) < 4.78 is 0. The molecule has 2 amide bonds. The second-order valence-electron chi connectivity index (χ2n) is 5.58. The molecule has 1 aromatic carbocycles. The third-order valence-electron chi connectivity index (χ3n) is 3.59. The Morgan fingerprint density at radius 1 is 1.04 bits per heavy atom. The Balaban J connectivity index is 2.19. The summed E-state index contributed by atoms with van der Waals surface area (Å²) in [5.74, 6) is 0.129. The number of hydrogen-bond donors (Lipinski definition) is 2. The lowest BCUT2D eigenvalue weighted by molar-refractivity contribution is -0.114. The van der Waals surface area contributed by atoms with Crippen molar-refractivity contribution < 1.29 is 9.59 Å². The fourth-order valence-electron chi connectivity index (χ4n) is 2.38. The van der Waals surface area contributed by atoms with Gasteiger partial charge in [-0.3, -0.25) is 9.59 Å². The second kappa shape index (κ2) is 8.23. The van der Waals surface area contributed by atoms with Gasteiger partial charge >= 0.3 is 0 Å². The highest BCUT2D eigenvalue weighted by atomic mass is 16.2. The first-order chi connectivity index (χ1) is 11.9. The summed E-state index contributed by atoms with van der Waals surface area (Å²) in [6, 6.07) is 8.86. The topological polar surface area (TPSA) is 87.2 Å². The van der Waals surface area contributed by atoms with Crippen molar-refractivity contribution in [1.82, 2.24) is 14.9 Å². The number of anilines is 3. The van der Waals surface area contributed by atoms with Gasteiger partial charge in [0.2, 0.25) is 11.9 Å². The van der Waals surface area contributed by atoms with E-state index in [-0.39, 0.29) is 11.8 Å². The fraction of sp³-hybridized carbons (Fsp3) is 0.333. The maximum absolute atomic E-state index is 12.5. The summed E-state index contributed by atoms with van der Waals surface area (Å²) in [5.41, 5.74) is 2.55. The number of rotatable bonds is 6. The normalized spacial score (nSPS) is 10.2. The number of carbonyl (C=O) groups excluding carboxylic acids is 2. The first-order valence-corrected chi connectivity index (χ1v) is 8.22. The van der Waals surface area contributed by atoms with Crippen LogP contribution < -0.4 is 10.6 Å². The molecule has 0 unspecified atom stereocenters. The first kappa shape index (κ1) is 18.4. The number of benzene rings is 1. The minimum Gasteiger partial charge on any atom is -0.338 e. The molecule has 0 atom stereocenters. The molecule has 7 nitrogen and oxygen atoms in total. The average Bonchev–Trinajstić information content (AvgIpc) is 2.56. The minimum absolute atomic E-state index is 0.112. The van der Waals surface area contributed by atoms with Crippen molar-refractivity contribution in [3.05, 3.63) is 41.7 Å². The standard InChI is InChI=1S/C18H23N5O2/c1-5-23(6-2)17(25)16-11-12(3)19-18(22-16)21-15-9-7-14(8-10-15)20-13(4)24/h7-11H,5-6H2,1-4H3,(H,20,24)(H,19,21,22). The van der Waals surface area contributed by atoms with Crippen molar-refractivity contribution in [2.45, 2.75) is 27.7 Å². The van der Waals surface area contributed by atoms with E-state index in [0.29, 0.717) is 36.1 Å². The monoisotopic (exact) mass is 341 g/mol. The number of nitrogens with one attached hydrogen (secondary N) is 2. The molecule has 25 heavy (non-hydrogen) atoms. The van der Waals surface area contributed by atoms with E-state index in [1.54, 1.807) is 23.1 Å². The molecule has 2 N–H and O–H groups in total. The molecular weight excluding hydrogens is 318 g/mol.